The monoisotopic (exact) mass is 597 g/mol. The van der Waals surface area contributed by atoms with E-state index in [0.29, 0.717) is 10.6 Å². The Labute approximate surface area is 260 Å². The molecule has 0 N–H and O–H groups in total. The van der Waals surface area contributed by atoms with Gasteiger partial charge in [-0.1, -0.05) is 114 Å². The van der Waals surface area contributed by atoms with E-state index in [2.05, 4.69) is 102 Å². The van der Waals surface area contributed by atoms with Crippen LogP contribution in [-0.2, 0) is 0 Å². The van der Waals surface area contributed by atoms with E-state index < -0.39 is 11.4 Å². The highest BCUT2D eigenvalue weighted by atomic mass is 32.1. The number of hydrogen-bond acceptors (Lipinski definition) is 4. The number of rotatable bonds is 3. The standard InChI is InChI=1S/C39H23N3O2S/c43-37-40-38-42(39(44)41(37)28-11-2-1-3-12-28)35-20-18-27(23-36(35)45-38)25-10-8-9-24(21-25)26-17-19-33-31-15-5-4-13-29(31)30-14-6-7-16-32(30)34(33)22-26/h1-23H. The van der Waals surface area contributed by atoms with Gasteiger partial charge in [0.25, 0.3) is 0 Å². The van der Waals surface area contributed by atoms with Gasteiger partial charge in [0.2, 0.25) is 4.96 Å². The molecule has 5 nitrogen and oxygen atoms in total. The molecule has 0 saturated carbocycles. The first kappa shape index (κ1) is 25.6. The average Bonchev–Trinajstić information content (AvgIpc) is 3.46. The van der Waals surface area contributed by atoms with Crippen LogP contribution in [-0.4, -0.2) is 14.0 Å². The lowest BCUT2D eigenvalue weighted by atomic mass is 9.91. The van der Waals surface area contributed by atoms with Crippen molar-refractivity contribution >= 4 is 58.8 Å². The zero-order valence-corrected chi connectivity index (χ0v) is 24.7. The lowest BCUT2D eigenvalue weighted by Gasteiger charge is -2.12. The quantitative estimate of drug-likeness (QED) is 0.191. The van der Waals surface area contributed by atoms with Gasteiger partial charge >= 0.3 is 11.4 Å². The number of thiazole rings is 1. The van der Waals surface area contributed by atoms with Gasteiger partial charge in [-0.15, -0.1) is 0 Å². The molecular weight excluding hydrogens is 575 g/mol. The number of aromatic nitrogens is 3. The van der Waals surface area contributed by atoms with E-state index in [1.165, 1.54) is 48.1 Å². The van der Waals surface area contributed by atoms with Crippen LogP contribution >= 0.6 is 11.3 Å². The number of para-hydroxylation sites is 1. The predicted octanol–water partition coefficient (Wildman–Crippen LogP) is 8.85. The minimum atomic E-state index is -0.582. The van der Waals surface area contributed by atoms with Crippen LogP contribution < -0.4 is 11.4 Å². The van der Waals surface area contributed by atoms with Gasteiger partial charge in [0.15, 0.2) is 0 Å². The third-order valence-corrected chi connectivity index (χ3v) is 9.65. The summed E-state index contributed by atoms with van der Waals surface area (Å²) in [6.45, 7) is 0. The van der Waals surface area contributed by atoms with E-state index in [0.717, 1.165) is 37.0 Å². The minimum absolute atomic E-state index is 0.383. The van der Waals surface area contributed by atoms with Crippen molar-refractivity contribution in [2.24, 2.45) is 0 Å². The van der Waals surface area contributed by atoms with Crippen molar-refractivity contribution in [1.82, 2.24) is 14.0 Å². The van der Waals surface area contributed by atoms with E-state index in [1.54, 1.807) is 24.3 Å². The van der Waals surface area contributed by atoms with Crippen LogP contribution in [0, 0.1) is 0 Å². The van der Waals surface area contributed by atoms with Crippen molar-refractivity contribution in [3.05, 3.63) is 160 Å². The molecule has 2 heterocycles. The normalized spacial score (nSPS) is 11.7. The lowest BCUT2D eigenvalue weighted by Crippen LogP contribution is -2.37. The van der Waals surface area contributed by atoms with Crippen LogP contribution in [0.1, 0.15) is 0 Å². The molecule has 0 amide bonds. The molecule has 212 valence electrons. The van der Waals surface area contributed by atoms with Crippen LogP contribution in [0.5, 0.6) is 0 Å². The number of benzene rings is 7. The second-order valence-electron chi connectivity index (χ2n) is 11.2. The molecule has 0 atom stereocenters. The van der Waals surface area contributed by atoms with Crippen molar-refractivity contribution < 1.29 is 0 Å². The van der Waals surface area contributed by atoms with Crippen molar-refractivity contribution in [2.75, 3.05) is 0 Å². The summed E-state index contributed by atoms with van der Waals surface area (Å²) in [7, 11) is 0. The fourth-order valence-corrected chi connectivity index (χ4v) is 7.58. The Morgan fingerprint density at radius 1 is 0.489 bits per heavy atom. The summed E-state index contributed by atoms with van der Waals surface area (Å²) in [5, 5.41) is 7.52. The molecular formula is C39H23N3O2S. The summed E-state index contributed by atoms with van der Waals surface area (Å²) < 4.78 is 3.53. The predicted molar refractivity (Wildman–Crippen MR) is 186 cm³/mol. The first-order valence-corrected chi connectivity index (χ1v) is 15.5. The fourth-order valence-electron chi connectivity index (χ4n) is 6.54. The zero-order valence-electron chi connectivity index (χ0n) is 23.8. The van der Waals surface area contributed by atoms with Crippen molar-refractivity contribution in [2.45, 2.75) is 0 Å². The summed E-state index contributed by atoms with van der Waals surface area (Å²) in [5.74, 6) is 0. The molecule has 9 rings (SSSR count). The van der Waals surface area contributed by atoms with Crippen LogP contribution in [0.25, 0.3) is 75.4 Å². The molecule has 0 fully saturated rings. The summed E-state index contributed by atoms with van der Waals surface area (Å²) in [4.78, 5) is 31.0. The van der Waals surface area contributed by atoms with Gasteiger partial charge in [0, 0.05) is 0 Å². The highest BCUT2D eigenvalue weighted by Crippen LogP contribution is 2.38. The van der Waals surface area contributed by atoms with Gasteiger partial charge < -0.3 is 0 Å². The largest absolute Gasteiger partial charge is 0.359 e. The molecule has 0 bridgehead atoms. The molecule has 0 saturated heterocycles. The molecule has 0 aliphatic rings. The van der Waals surface area contributed by atoms with Gasteiger partial charge in [-0.05, 0) is 91.0 Å². The Morgan fingerprint density at radius 3 is 1.73 bits per heavy atom. The van der Waals surface area contributed by atoms with Crippen LogP contribution in [0.2, 0.25) is 0 Å². The third-order valence-electron chi connectivity index (χ3n) is 8.65. The highest BCUT2D eigenvalue weighted by Gasteiger charge is 2.16. The van der Waals surface area contributed by atoms with Crippen LogP contribution in [0.15, 0.2) is 149 Å². The van der Waals surface area contributed by atoms with Crippen LogP contribution in [0.3, 0.4) is 0 Å². The second kappa shape index (κ2) is 9.84. The molecule has 0 aliphatic carbocycles. The van der Waals surface area contributed by atoms with E-state index in [4.69, 9.17) is 0 Å². The first-order chi connectivity index (χ1) is 22.1. The average molecular weight is 598 g/mol. The summed E-state index contributed by atoms with van der Waals surface area (Å²) in [6.07, 6.45) is 0. The maximum atomic E-state index is 13.5. The maximum absolute atomic E-state index is 13.5. The van der Waals surface area contributed by atoms with Crippen molar-refractivity contribution in [3.8, 4) is 27.9 Å². The first-order valence-electron chi connectivity index (χ1n) is 14.7. The molecule has 0 unspecified atom stereocenters. The second-order valence-corrected chi connectivity index (χ2v) is 12.2. The van der Waals surface area contributed by atoms with Gasteiger partial charge in [0.1, 0.15) is 0 Å². The van der Waals surface area contributed by atoms with Gasteiger partial charge in [-0.25, -0.2) is 18.6 Å². The Morgan fingerprint density at radius 2 is 1.04 bits per heavy atom. The molecule has 0 spiro atoms. The van der Waals surface area contributed by atoms with Gasteiger partial charge in [-0.3, -0.25) is 0 Å². The number of fused-ring (bicyclic) bond motifs is 9. The zero-order chi connectivity index (χ0) is 30.1. The number of hydrogen-bond donors (Lipinski definition) is 0. The van der Waals surface area contributed by atoms with E-state index in [9.17, 15) is 9.59 Å². The molecule has 45 heavy (non-hydrogen) atoms. The van der Waals surface area contributed by atoms with Crippen molar-refractivity contribution in [3.63, 3.8) is 0 Å². The summed E-state index contributed by atoms with van der Waals surface area (Å²) in [5.41, 5.74) is 4.59. The van der Waals surface area contributed by atoms with E-state index in [-0.39, 0.29) is 0 Å². The molecule has 0 aliphatic heterocycles. The van der Waals surface area contributed by atoms with Gasteiger partial charge in [0.05, 0.1) is 15.9 Å². The molecule has 9 aromatic rings. The maximum Gasteiger partial charge on any atom is 0.359 e. The van der Waals surface area contributed by atoms with Gasteiger partial charge in [-0.2, -0.15) is 4.98 Å². The summed E-state index contributed by atoms with van der Waals surface area (Å²) >= 11 is 1.35. The minimum Gasteiger partial charge on any atom is -0.247 e. The summed E-state index contributed by atoms with van der Waals surface area (Å²) in [6, 6.07) is 47.5. The Balaban J connectivity index is 1.17. The van der Waals surface area contributed by atoms with E-state index >= 15 is 0 Å². The molecule has 2 aromatic heterocycles. The Bertz CT molecular complexity index is 2720. The number of nitrogens with zero attached hydrogens (tertiary/aromatic N) is 3. The third kappa shape index (κ3) is 3.96. The van der Waals surface area contributed by atoms with Crippen molar-refractivity contribution in [1.29, 1.82) is 0 Å². The smallest absolute Gasteiger partial charge is 0.247 e. The SMILES string of the molecule is O=c1nc2sc3cc(-c4cccc(-c5ccc6c7ccccc7c7ccccc7c6c5)c4)ccc3n2c(=O)n1-c1ccccc1. The fraction of sp³-hybridized carbons (Fsp3) is 0. The highest BCUT2D eigenvalue weighted by molar-refractivity contribution is 7.23. The Hall–Kier alpha value is -5.85. The van der Waals surface area contributed by atoms with Crippen LogP contribution in [0.4, 0.5) is 0 Å². The Kier molecular flexibility index (Phi) is 5.60. The van der Waals surface area contributed by atoms with E-state index in [1.807, 2.05) is 18.2 Å². The molecule has 7 aromatic carbocycles. The molecule has 6 heteroatoms. The lowest BCUT2D eigenvalue weighted by molar-refractivity contribution is 0.814. The topological polar surface area (TPSA) is 56.4 Å². The molecule has 0 radical (unpaired) electrons.